The molecule has 0 aliphatic carbocycles. The van der Waals surface area contributed by atoms with Crippen molar-refractivity contribution in [1.29, 1.82) is 0 Å². The Balaban J connectivity index is 1.50. The highest BCUT2D eigenvalue weighted by atomic mass is 15.3. The SMILES string of the molecule is Cc1cc(C)n2nc(CCc3cccc(N4CCCC4)n3)nc2n1. The number of hydrogen-bond acceptors (Lipinski definition) is 5. The van der Waals surface area contributed by atoms with Gasteiger partial charge in [-0.15, -0.1) is 5.10 Å². The summed E-state index contributed by atoms with van der Waals surface area (Å²) < 4.78 is 1.82. The minimum absolute atomic E-state index is 0.682. The van der Waals surface area contributed by atoms with Crippen LogP contribution in [0.15, 0.2) is 24.3 Å². The van der Waals surface area contributed by atoms with Gasteiger partial charge in [-0.3, -0.25) is 0 Å². The van der Waals surface area contributed by atoms with Crippen LogP contribution in [0, 0.1) is 13.8 Å². The van der Waals surface area contributed by atoms with Gasteiger partial charge in [0, 0.05) is 36.6 Å². The second-order valence-electron chi connectivity index (χ2n) is 6.46. The summed E-state index contributed by atoms with van der Waals surface area (Å²) >= 11 is 0. The molecule has 4 rings (SSSR count). The number of aromatic nitrogens is 5. The predicted octanol–water partition coefficient (Wildman–Crippen LogP) is 2.52. The minimum Gasteiger partial charge on any atom is -0.357 e. The van der Waals surface area contributed by atoms with E-state index in [1.807, 2.05) is 24.4 Å². The van der Waals surface area contributed by atoms with Crippen molar-refractivity contribution in [3.8, 4) is 0 Å². The number of anilines is 1. The van der Waals surface area contributed by atoms with Crippen LogP contribution < -0.4 is 4.90 Å². The molecule has 0 atom stereocenters. The Morgan fingerprint density at radius 1 is 1.00 bits per heavy atom. The van der Waals surface area contributed by atoms with Crippen molar-refractivity contribution in [2.75, 3.05) is 18.0 Å². The standard InChI is InChI=1S/C18H22N6/c1-13-12-14(2)24-18(19-13)21-16(22-24)9-8-15-6-5-7-17(20-15)23-10-3-4-11-23/h5-7,12H,3-4,8-11H2,1-2H3. The summed E-state index contributed by atoms with van der Waals surface area (Å²) in [4.78, 5) is 16.2. The molecule has 0 spiro atoms. The fourth-order valence-electron chi connectivity index (χ4n) is 3.28. The Bertz CT molecular complexity index is 863. The molecule has 0 radical (unpaired) electrons. The summed E-state index contributed by atoms with van der Waals surface area (Å²) in [6.45, 7) is 6.25. The average molecular weight is 322 g/mol. The van der Waals surface area contributed by atoms with E-state index in [1.165, 1.54) is 12.8 Å². The second-order valence-corrected chi connectivity index (χ2v) is 6.46. The number of rotatable bonds is 4. The second kappa shape index (κ2) is 6.19. The maximum atomic E-state index is 4.80. The van der Waals surface area contributed by atoms with Crippen LogP contribution >= 0.6 is 0 Å². The average Bonchev–Trinajstić information content (AvgIpc) is 3.23. The van der Waals surface area contributed by atoms with Gasteiger partial charge < -0.3 is 4.90 Å². The summed E-state index contributed by atoms with van der Waals surface area (Å²) in [5.41, 5.74) is 3.13. The van der Waals surface area contributed by atoms with E-state index in [0.717, 1.165) is 54.7 Å². The molecule has 24 heavy (non-hydrogen) atoms. The predicted molar refractivity (Wildman–Crippen MR) is 93.3 cm³/mol. The van der Waals surface area contributed by atoms with Crippen molar-refractivity contribution < 1.29 is 0 Å². The molecule has 0 aromatic carbocycles. The van der Waals surface area contributed by atoms with Gasteiger partial charge in [0.2, 0.25) is 0 Å². The molecule has 1 saturated heterocycles. The lowest BCUT2D eigenvalue weighted by molar-refractivity contribution is 0.803. The highest BCUT2D eigenvalue weighted by molar-refractivity contribution is 5.40. The summed E-state index contributed by atoms with van der Waals surface area (Å²) in [5, 5.41) is 4.57. The Morgan fingerprint density at radius 3 is 2.67 bits per heavy atom. The van der Waals surface area contributed by atoms with Gasteiger partial charge in [-0.05, 0) is 51.3 Å². The third-order valence-corrected chi connectivity index (χ3v) is 4.49. The van der Waals surface area contributed by atoms with Gasteiger partial charge >= 0.3 is 0 Å². The lowest BCUT2D eigenvalue weighted by Gasteiger charge is -2.16. The Morgan fingerprint density at radius 2 is 1.83 bits per heavy atom. The van der Waals surface area contributed by atoms with Crippen LogP contribution in [0.25, 0.3) is 5.78 Å². The number of aryl methyl sites for hydroxylation is 4. The first-order valence-corrected chi connectivity index (χ1v) is 8.60. The van der Waals surface area contributed by atoms with Crippen LogP contribution in [-0.4, -0.2) is 37.7 Å². The van der Waals surface area contributed by atoms with E-state index in [9.17, 15) is 0 Å². The van der Waals surface area contributed by atoms with Gasteiger partial charge in [-0.25, -0.2) is 14.5 Å². The molecule has 124 valence electrons. The van der Waals surface area contributed by atoms with Crippen molar-refractivity contribution in [3.63, 3.8) is 0 Å². The van der Waals surface area contributed by atoms with Crippen molar-refractivity contribution in [1.82, 2.24) is 24.6 Å². The zero-order chi connectivity index (χ0) is 16.5. The molecule has 1 fully saturated rings. The molecule has 0 saturated carbocycles. The summed E-state index contributed by atoms with van der Waals surface area (Å²) in [5.74, 6) is 2.60. The van der Waals surface area contributed by atoms with Crippen LogP contribution in [0.5, 0.6) is 0 Å². The van der Waals surface area contributed by atoms with E-state index in [0.29, 0.717) is 5.78 Å². The smallest absolute Gasteiger partial charge is 0.252 e. The fraction of sp³-hybridized carbons (Fsp3) is 0.444. The Hall–Kier alpha value is -2.50. The van der Waals surface area contributed by atoms with Gasteiger partial charge in [-0.2, -0.15) is 4.98 Å². The van der Waals surface area contributed by atoms with E-state index in [2.05, 4.69) is 38.2 Å². The first-order valence-electron chi connectivity index (χ1n) is 8.60. The number of hydrogen-bond donors (Lipinski definition) is 0. The van der Waals surface area contributed by atoms with Crippen molar-refractivity contribution in [3.05, 3.63) is 47.2 Å². The molecule has 3 aromatic rings. The summed E-state index contributed by atoms with van der Waals surface area (Å²) in [6.07, 6.45) is 4.15. The molecule has 0 bridgehead atoms. The van der Waals surface area contributed by atoms with E-state index < -0.39 is 0 Å². The fourth-order valence-corrected chi connectivity index (χ4v) is 3.28. The van der Waals surface area contributed by atoms with Crippen molar-refractivity contribution in [2.45, 2.75) is 39.5 Å². The highest BCUT2D eigenvalue weighted by Gasteiger charge is 2.14. The first kappa shape index (κ1) is 15.1. The third kappa shape index (κ3) is 2.96. The van der Waals surface area contributed by atoms with E-state index in [4.69, 9.17) is 4.98 Å². The maximum Gasteiger partial charge on any atom is 0.252 e. The lowest BCUT2D eigenvalue weighted by atomic mass is 10.2. The molecule has 3 aromatic heterocycles. The topological polar surface area (TPSA) is 59.2 Å². The van der Waals surface area contributed by atoms with Crippen LogP contribution in [0.1, 0.15) is 35.7 Å². The van der Waals surface area contributed by atoms with E-state index >= 15 is 0 Å². The molecule has 1 aliphatic rings. The van der Waals surface area contributed by atoms with Gasteiger partial charge in [0.15, 0.2) is 5.82 Å². The Kier molecular flexibility index (Phi) is 3.88. The number of fused-ring (bicyclic) bond motifs is 1. The molecule has 0 amide bonds. The van der Waals surface area contributed by atoms with E-state index in [1.54, 1.807) is 0 Å². The molecule has 4 heterocycles. The van der Waals surface area contributed by atoms with Gasteiger partial charge in [-0.1, -0.05) is 6.07 Å². The molecular formula is C18H22N6. The van der Waals surface area contributed by atoms with Crippen LogP contribution in [0.3, 0.4) is 0 Å². The zero-order valence-electron chi connectivity index (χ0n) is 14.2. The molecule has 0 unspecified atom stereocenters. The third-order valence-electron chi connectivity index (χ3n) is 4.49. The van der Waals surface area contributed by atoms with Gasteiger partial charge in [0.1, 0.15) is 5.82 Å². The largest absolute Gasteiger partial charge is 0.357 e. The number of nitrogens with zero attached hydrogens (tertiary/aromatic N) is 6. The van der Waals surface area contributed by atoms with Crippen molar-refractivity contribution in [2.24, 2.45) is 0 Å². The van der Waals surface area contributed by atoms with Crippen LogP contribution in [0.4, 0.5) is 5.82 Å². The summed E-state index contributed by atoms with van der Waals surface area (Å²) in [7, 11) is 0. The van der Waals surface area contributed by atoms with E-state index in [-0.39, 0.29) is 0 Å². The number of pyridine rings is 1. The molecule has 6 heteroatoms. The monoisotopic (exact) mass is 322 g/mol. The normalized spacial score (nSPS) is 14.7. The summed E-state index contributed by atoms with van der Waals surface area (Å²) in [6, 6.07) is 8.31. The molecular weight excluding hydrogens is 300 g/mol. The van der Waals surface area contributed by atoms with Crippen molar-refractivity contribution >= 4 is 11.6 Å². The van der Waals surface area contributed by atoms with Gasteiger partial charge in [0.05, 0.1) is 0 Å². The maximum absolute atomic E-state index is 4.80. The minimum atomic E-state index is 0.682. The lowest BCUT2D eigenvalue weighted by Crippen LogP contribution is -2.19. The molecule has 6 nitrogen and oxygen atoms in total. The molecule has 0 N–H and O–H groups in total. The zero-order valence-corrected chi connectivity index (χ0v) is 14.2. The van der Waals surface area contributed by atoms with Crippen LogP contribution in [0.2, 0.25) is 0 Å². The molecule has 1 aliphatic heterocycles. The quantitative estimate of drug-likeness (QED) is 0.739. The van der Waals surface area contributed by atoms with Crippen LogP contribution in [-0.2, 0) is 12.8 Å². The Labute approximate surface area is 141 Å². The first-order chi connectivity index (χ1) is 11.7. The highest BCUT2D eigenvalue weighted by Crippen LogP contribution is 2.18. The van der Waals surface area contributed by atoms with Gasteiger partial charge in [0.25, 0.3) is 5.78 Å².